The number of ether oxygens (including phenoxy) is 12. The Morgan fingerprint density at radius 1 is 0.279 bits per heavy atom. The van der Waals surface area contributed by atoms with E-state index in [-0.39, 0.29) is 52.9 Å². The Hall–Kier alpha value is -1.04. The van der Waals surface area contributed by atoms with Crippen LogP contribution in [-0.4, -0.2) is 308 Å². The molecule has 25 unspecified atom stereocenters. The number of aliphatic hydroxyl groups excluding tert-OH is 14. The summed E-state index contributed by atoms with van der Waals surface area (Å²) < 4.78 is 67.9. The molecule has 0 aromatic heterocycles. The van der Waals surface area contributed by atoms with Crippen molar-refractivity contribution in [1.82, 2.24) is 0 Å². The molecule has 26 nitrogen and oxygen atoms in total. The van der Waals surface area contributed by atoms with E-state index in [1.54, 1.807) is 0 Å². The lowest BCUT2D eigenvalue weighted by atomic mass is 9.86. The van der Waals surface area contributed by atoms with Crippen molar-refractivity contribution in [2.45, 2.75) is 122 Å². The fourth-order valence-corrected chi connectivity index (χ4v) is 9.68. The van der Waals surface area contributed by atoms with Gasteiger partial charge in [0.1, 0.15) is 54.9 Å². The zero-order valence-corrected chi connectivity index (χ0v) is 38.5. The molecule has 5 saturated heterocycles. The van der Waals surface area contributed by atoms with Crippen LogP contribution >= 0.6 is 0 Å². The predicted octanol–water partition coefficient (Wildman–Crippen LogP) is -8.55. The van der Waals surface area contributed by atoms with E-state index >= 15 is 0 Å². The summed E-state index contributed by atoms with van der Waals surface area (Å²) in [5.41, 5.74) is 0. The minimum atomic E-state index is -1.76. The van der Waals surface area contributed by atoms with Crippen molar-refractivity contribution >= 4 is 0 Å². The molecule has 5 heterocycles. The molecule has 0 bridgehead atoms. The Morgan fingerprint density at radius 2 is 0.559 bits per heavy atom. The standard InChI is InChI=1S/C42H76O26/c1-57-8-18-23(4-43)65-29(38(53)32(18)47)14-61-11-21-26(7-46)68-42(41(56)36(21)51)63-17-27-22(12-62-15-30-39(54)33(48)19(9-58-2)24(5-44)66-30)35(50)40(55)31(67-27)16-60-10-20-25(6-45)64-28(13-59-3)37(52)34(20)49/h18-56H,4-17H2,1-3H3. The normalized spacial score (nSPS) is 45.9. The van der Waals surface area contributed by atoms with Gasteiger partial charge in [-0.1, -0.05) is 0 Å². The van der Waals surface area contributed by atoms with Gasteiger partial charge in [-0.05, 0) is 0 Å². The van der Waals surface area contributed by atoms with Gasteiger partial charge in [0.05, 0.1) is 154 Å². The van der Waals surface area contributed by atoms with Gasteiger partial charge in [0.15, 0.2) is 6.29 Å². The monoisotopic (exact) mass is 996 g/mol. The lowest BCUT2D eigenvalue weighted by Crippen LogP contribution is -2.61. The molecule has 5 fully saturated rings. The molecule has 0 radical (unpaired) electrons. The summed E-state index contributed by atoms with van der Waals surface area (Å²) in [5.74, 6) is -4.58. The maximum atomic E-state index is 11.5. The molecule has 0 saturated carbocycles. The SMILES string of the molecule is COCC1OC(CO)C(COCC2OC(COC3OC(CO)C(COCC4OC(CO)C(COC)C(O)C4O)C(O)C3O)C(COCC3OC(CO)C(COC)C(O)C3O)C(O)C2O)C(O)C1O. The van der Waals surface area contributed by atoms with Crippen LogP contribution < -0.4 is 0 Å². The number of hydrogen-bond acceptors (Lipinski definition) is 26. The van der Waals surface area contributed by atoms with Crippen LogP contribution in [-0.2, 0) is 56.8 Å². The number of rotatable bonds is 25. The molecule has 400 valence electrons. The quantitative estimate of drug-likeness (QED) is 0.0404. The highest BCUT2D eigenvalue weighted by Crippen LogP contribution is 2.34. The van der Waals surface area contributed by atoms with Crippen LogP contribution in [0, 0.1) is 29.6 Å². The Kier molecular flexibility index (Phi) is 23.7. The molecule has 0 aliphatic carbocycles. The topological polar surface area (TPSA) is 394 Å². The second-order valence-corrected chi connectivity index (χ2v) is 18.2. The van der Waals surface area contributed by atoms with Gasteiger partial charge >= 0.3 is 0 Å². The Labute approximate surface area is 393 Å². The average Bonchev–Trinajstić information content (AvgIpc) is 3.33. The largest absolute Gasteiger partial charge is 0.394 e. The summed E-state index contributed by atoms with van der Waals surface area (Å²) in [7, 11) is 4.17. The average molecular weight is 997 g/mol. The van der Waals surface area contributed by atoms with Crippen molar-refractivity contribution < 1.29 is 128 Å². The van der Waals surface area contributed by atoms with Crippen molar-refractivity contribution in [3.05, 3.63) is 0 Å². The lowest BCUT2D eigenvalue weighted by molar-refractivity contribution is -0.310. The molecule has 14 N–H and O–H groups in total. The van der Waals surface area contributed by atoms with Gasteiger partial charge < -0.3 is 128 Å². The summed E-state index contributed by atoms with van der Waals surface area (Å²) in [6, 6.07) is 0. The van der Waals surface area contributed by atoms with E-state index in [9.17, 15) is 71.5 Å². The van der Waals surface area contributed by atoms with Crippen molar-refractivity contribution in [2.75, 3.05) is 114 Å². The molecule has 26 heteroatoms. The number of methoxy groups -OCH3 is 3. The smallest absolute Gasteiger partial charge is 0.186 e. The van der Waals surface area contributed by atoms with E-state index in [4.69, 9.17) is 56.8 Å². The van der Waals surface area contributed by atoms with E-state index in [1.807, 2.05) is 0 Å². The molecule has 0 spiro atoms. The van der Waals surface area contributed by atoms with Crippen LogP contribution in [0.15, 0.2) is 0 Å². The van der Waals surface area contributed by atoms with E-state index in [2.05, 4.69) is 0 Å². The highest BCUT2D eigenvalue weighted by molar-refractivity contribution is 4.97. The van der Waals surface area contributed by atoms with Gasteiger partial charge in [-0.2, -0.15) is 0 Å². The first-order chi connectivity index (χ1) is 32.6. The predicted molar refractivity (Wildman–Crippen MR) is 223 cm³/mol. The summed E-state index contributed by atoms with van der Waals surface area (Å²) in [6.45, 7) is -4.83. The maximum Gasteiger partial charge on any atom is 0.186 e. The second-order valence-electron chi connectivity index (χ2n) is 18.2. The third-order valence-electron chi connectivity index (χ3n) is 13.8. The zero-order valence-electron chi connectivity index (χ0n) is 38.5. The Balaban J connectivity index is 1.23. The van der Waals surface area contributed by atoms with Crippen LogP contribution in [0.25, 0.3) is 0 Å². The number of aliphatic hydroxyl groups is 14. The summed E-state index contributed by atoms with van der Waals surface area (Å²) in [6.07, 6.45) is -26.1. The maximum absolute atomic E-state index is 11.5. The molecule has 0 amide bonds. The van der Waals surface area contributed by atoms with Crippen LogP contribution in [0.2, 0.25) is 0 Å². The Bertz CT molecular complexity index is 1400. The third kappa shape index (κ3) is 13.8. The molecular weight excluding hydrogens is 920 g/mol. The minimum Gasteiger partial charge on any atom is -0.394 e. The highest BCUT2D eigenvalue weighted by atomic mass is 16.7. The molecular formula is C42H76O26. The lowest BCUT2D eigenvalue weighted by Gasteiger charge is -2.46. The van der Waals surface area contributed by atoms with Gasteiger partial charge in [0.2, 0.25) is 0 Å². The fraction of sp³-hybridized carbons (Fsp3) is 1.00. The first-order valence-corrected chi connectivity index (χ1v) is 22.9. The molecule has 68 heavy (non-hydrogen) atoms. The molecule has 5 rings (SSSR count). The Morgan fingerprint density at radius 3 is 0.897 bits per heavy atom. The summed E-state index contributed by atoms with van der Waals surface area (Å²) >= 11 is 0. The van der Waals surface area contributed by atoms with E-state index in [1.165, 1.54) is 21.3 Å². The van der Waals surface area contributed by atoms with Gasteiger partial charge in [0, 0.05) is 50.9 Å². The summed E-state index contributed by atoms with van der Waals surface area (Å²) in [5, 5.41) is 150. The first-order valence-electron chi connectivity index (χ1n) is 22.9. The van der Waals surface area contributed by atoms with Gasteiger partial charge in [-0.25, -0.2) is 0 Å². The first kappa shape index (κ1) is 57.9. The molecule has 5 aliphatic heterocycles. The zero-order chi connectivity index (χ0) is 49.8. The van der Waals surface area contributed by atoms with Crippen LogP contribution in [0.4, 0.5) is 0 Å². The molecule has 5 aliphatic rings. The van der Waals surface area contributed by atoms with Crippen LogP contribution in [0.1, 0.15) is 0 Å². The molecule has 25 atom stereocenters. The van der Waals surface area contributed by atoms with Crippen molar-refractivity contribution in [2.24, 2.45) is 29.6 Å². The van der Waals surface area contributed by atoms with E-state index < -0.39 is 191 Å². The molecule has 0 aromatic rings. The van der Waals surface area contributed by atoms with Crippen LogP contribution in [0.5, 0.6) is 0 Å². The fourth-order valence-electron chi connectivity index (χ4n) is 9.68. The van der Waals surface area contributed by atoms with Crippen LogP contribution in [0.3, 0.4) is 0 Å². The van der Waals surface area contributed by atoms with E-state index in [0.717, 1.165) is 0 Å². The highest BCUT2D eigenvalue weighted by Gasteiger charge is 2.51. The van der Waals surface area contributed by atoms with Crippen molar-refractivity contribution in [3.8, 4) is 0 Å². The van der Waals surface area contributed by atoms with Crippen molar-refractivity contribution in [1.29, 1.82) is 0 Å². The third-order valence-corrected chi connectivity index (χ3v) is 13.8. The minimum absolute atomic E-state index is 0.00804. The van der Waals surface area contributed by atoms with Gasteiger partial charge in [0.25, 0.3) is 0 Å². The second kappa shape index (κ2) is 27.9. The van der Waals surface area contributed by atoms with Gasteiger partial charge in [-0.3, -0.25) is 0 Å². The van der Waals surface area contributed by atoms with Crippen molar-refractivity contribution in [3.63, 3.8) is 0 Å². The number of hydrogen-bond donors (Lipinski definition) is 14. The van der Waals surface area contributed by atoms with Gasteiger partial charge in [-0.15, -0.1) is 0 Å². The van der Waals surface area contributed by atoms with E-state index in [0.29, 0.717) is 0 Å². The summed E-state index contributed by atoms with van der Waals surface area (Å²) in [4.78, 5) is 0. The molecule has 0 aromatic carbocycles.